The average Bonchev–Trinajstić information content (AvgIpc) is 2.87. The SMILES string of the molecule is Cc1ccc(N2CCN(CC3CCNCC3)CC2)s1. The van der Waals surface area contributed by atoms with E-state index in [1.54, 1.807) is 0 Å². The predicted molar refractivity (Wildman–Crippen MR) is 83.3 cm³/mol. The van der Waals surface area contributed by atoms with Crippen LogP contribution in [0, 0.1) is 12.8 Å². The summed E-state index contributed by atoms with van der Waals surface area (Å²) in [4.78, 5) is 6.65. The molecule has 19 heavy (non-hydrogen) atoms. The molecule has 3 heterocycles. The number of hydrogen-bond donors (Lipinski definition) is 1. The quantitative estimate of drug-likeness (QED) is 0.915. The minimum atomic E-state index is 0.928. The molecule has 2 fully saturated rings. The van der Waals surface area contributed by atoms with Crippen molar-refractivity contribution in [2.24, 2.45) is 5.92 Å². The number of nitrogens with zero attached hydrogens (tertiary/aromatic N) is 2. The molecule has 3 rings (SSSR count). The zero-order valence-corrected chi connectivity index (χ0v) is 12.7. The van der Waals surface area contributed by atoms with Crippen molar-refractivity contribution in [1.82, 2.24) is 10.2 Å². The highest BCUT2D eigenvalue weighted by Gasteiger charge is 2.21. The summed E-state index contributed by atoms with van der Waals surface area (Å²) in [6.45, 7) is 10.8. The van der Waals surface area contributed by atoms with E-state index in [-0.39, 0.29) is 0 Å². The molecule has 0 radical (unpaired) electrons. The van der Waals surface area contributed by atoms with Crippen LogP contribution >= 0.6 is 11.3 Å². The number of rotatable bonds is 3. The second-order valence-corrected chi connectivity index (χ2v) is 7.13. The first-order valence-corrected chi connectivity index (χ1v) is 8.37. The van der Waals surface area contributed by atoms with Gasteiger partial charge < -0.3 is 10.2 Å². The van der Waals surface area contributed by atoms with Crippen LogP contribution in [0.1, 0.15) is 17.7 Å². The maximum atomic E-state index is 3.46. The molecule has 1 aromatic heterocycles. The molecule has 4 heteroatoms. The van der Waals surface area contributed by atoms with E-state index in [9.17, 15) is 0 Å². The van der Waals surface area contributed by atoms with Crippen LogP contribution in [0.3, 0.4) is 0 Å². The summed E-state index contributed by atoms with van der Waals surface area (Å²) < 4.78 is 0. The molecule has 0 unspecified atom stereocenters. The van der Waals surface area contributed by atoms with E-state index in [2.05, 4.69) is 34.2 Å². The molecule has 0 spiro atoms. The summed E-state index contributed by atoms with van der Waals surface area (Å²) in [7, 11) is 0. The van der Waals surface area contributed by atoms with E-state index >= 15 is 0 Å². The summed E-state index contributed by atoms with van der Waals surface area (Å²) in [5.41, 5.74) is 0. The average molecular weight is 279 g/mol. The normalized spacial score (nSPS) is 22.9. The number of hydrogen-bond acceptors (Lipinski definition) is 4. The Morgan fingerprint density at radius 1 is 1.16 bits per heavy atom. The molecule has 0 atom stereocenters. The van der Waals surface area contributed by atoms with Crippen molar-refractivity contribution >= 4 is 16.3 Å². The van der Waals surface area contributed by atoms with Crippen LogP contribution in [0.2, 0.25) is 0 Å². The van der Waals surface area contributed by atoms with Crippen LogP contribution < -0.4 is 10.2 Å². The fourth-order valence-corrected chi connectivity index (χ4v) is 4.09. The lowest BCUT2D eigenvalue weighted by atomic mass is 9.97. The summed E-state index contributed by atoms with van der Waals surface area (Å²) in [5.74, 6) is 0.928. The second kappa shape index (κ2) is 6.25. The molecule has 3 nitrogen and oxygen atoms in total. The van der Waals surface area contributed by atoms with E-state index in [0.29, 0.717) is 0 Å². The van der Waals surface area contributed by atoms with Gasteiger partial charge in [-0.2, -0.15) is 0 Å². The molecule has 2 saturated heterocycles. The first-order chi connectivity index (χ1) is 9.31. The van der Waals surface area contributed by atoms with Gasteiger partial charge in [0.1, 0.15) is 0 Å². The second-order valence-electron chi connectivity index (χ2n) is 5.87. The third-order valence-electron chi connectivity index (χ3n) is 4.39. The highest BCUT2D eigenvalue weighted by Crippen LogP contribution is 2.26. The molecule has 0 bridgehead atoms. The fourth-order valence-electron chi connectivity index (χ4n) is 3.17. The lowest BCUT2D eigenvalue weighted by Crippen LogP contribution is -2.48. The van der Waals surface area contributed by atoms with E-state index in [1.165, 1.54) is 68.5 Å². The highest BCUT2D eigenvalue weighted by molar-refractivity contribution is 7.16. The van der Waals surface area contributed by atoms with Crippen LogP contribution in [0.15, 0.2) is 12.1 Å². The lowest BCUT2D eigenvalue weighted by molar-refractivity contribution is 0.196. The van der Waals surface area contributed by atoms with Gasteiger partial charge in [-0.3, -0.25) is 4.90 Å². The molecular weight excluding hydrogens is 254 g/mol. The van der Waals surface area contributed by atoms with Crippen LogP contribution in [-0.2, 0) is 0 Å². The fraction of sp³-hybridized carbons (Fsp3) is 0.733. The molecule has 0 aliphatic carbocycles. The maximum absolute atomic E-state index is 3.46. The summed E-state index contributed by atoms with van der Waals surface area (Å²) in [5, 5.41) is 4.91. The van der Waals surface area contributed by atoms with Gasteiger partial charge in [-0.05, 0) is 50.9 Å². The minimum absolute atomic E-state index is 0.928. The van der Waals surface area contributed by atoms with Gasteiger partial charge in [-0.25, -0.2) is 0 Å². The molecule has 1 aromatic rings. The lowest BCUT2D eigenvalue weighted by Gasteiger charge is -2.37. The van der Waals surface area contributed by atoms with Crippen LogP contribution in [0.4, 0.5) is 5.00 Å². The first-order valence-electron chi connectivity index (χ1n) is 7.56. The van der Waals surface area contributed by atoms with Crippen molar-refractivity contribution in [1.29, 1.82) is 0 Å². The van der Waals surface area contributed by atoms with Crippen molar-refractivity contribution in [2.75, 3.05) is 50.7 Å². The topological polar surface area (TPSA) is 18.5 Å². The van der Waals surface area contributed by atoms with E-state index in [1.807, 2.05) is 11.3 Å². The Bertz CT molecular complexity index is 390. The third kappa shape index (κ3) is 3.50. The van der Waals surface area contributed by atoms with Crippen molar-refractivity contribution in [3.63, 3.8) is 0 Å². The Kier molecular flexibility index (Phi) is 4.41. The van der Waals surface area contributed by atoms with Crippen LogP contribution in [0.25, 0.3) is 0 Å². The molecule has 0 amide bonds. The van der Waals surface area contributed by atoms with Gasteiger partial charge in [0, 0.05) is 37.6 Å². The van der Waals surface area contributed by atoms with Crippen molar-refractivity contribution < 1.29 is 0 Å². The van der Waals surface area contributed by atoms with Crippen molar-refractivity contribution in [3.05, 3.63) is 17.0 Å². The summed E-state index contributed by atoms with van der Waals surface area (Å²) >= 11 is 1.93. The van der Waals surface area contributed by atoms with Crippen molar-refractivity contribution in [2.45, 2.75) is 19.8 Å². The molecule has 0 aromatic carbocycles. The monoisotopic (exact) mass is 279 g/mol. The number of piperidine rings is 1. The van der Waals surface area contributed by atoms with E-state index in [0.717, 1.165) is 5.92 Å². The minimum Gasteiger partial charge on any atom is -0.361 e. The van der Waals surface area contributed by atoms with Crippen LogP contribution in [0.5, 0.6) is 0 Å². The van der Waals surface area contributed by atoms with Gasteiger partial charge in [0.15, 0.2) is 0 Å². The van der Waals surface area contributed by atoms with Gasteiger partial charge >= 0.3 is 0 Å². The van der Waals surface area contributed by atoms with E-state index in [4.69, 9.17) is 0 Å². The van der Waals surface area contributed by atoms with Gasteiger partial charge in [0.25, 0.3) is 0 Å². The molecule has 106 valence electrons. The highest BCUT2D eigenvalue weighted by atomic mass is 32.1. The standard InChI is InChI=1S/C15H25N3S/c1-13-2-3-15(19-13)18-10-8-17(9-11-18)12-14-4-6-16-7-5-14/h2-3,14,16H,4-12H2,1H3. The Labute approximate surface area is 120 Å². The smallest absolute Gasteiger partial charge is 0.0912 e. The molecule has 2 aliphatic rings. The van der Waals surface area contributed by atoms with Crippen molar-refractivity contribution in [3.8, 4) is 0 Å². The molecule has 0 saturated carbocycles. The molecule has 2 aliphatic heterocycles. The van der Waals surface area contributed by atoms with Gasteiger partial charge in [-0.1, -0.05) is 0 Å². The number of aryl methyl sites for hydroxylation is 1. The predicted octanol–water partition coefficient (Wildman–Crippen LogP) is 2.18. The van der Waals surface area contributed by atoms with Crippen LogP contribution in [-0.4, -0.2) is 50.7 Å². The zero-order valence-electron chi connectivity index (χ0n) is 11.9. The largest absolute Gasteiger partial charge is 0.361 e. The van der Waals surface area contributed by atoms with E-state index < -0.39 is 0 Å². The Morgan fingerprint density at radius 2 is 1.89 bits per heavy atom. The van der Waals surface area contributed by atoms with Gasteiger partial charge in [-0.15, -0.1) is 11.3 Å². The maximum Gasteiger partial charge on any atom is 0.0912 e. The number of nitrogens with one attached hydrogen (secondary N) is 1. The number of thiophene rings is 1. The molecule has 1 N–H and O–H groups in total. The Balaban J connectivity index is 1.46. The zero-order chi connectivity index (χ0) is 13.1. The molecular formula is C15H25N3S. The summed E-state index contributed by atoms with van der Waals surface area (Å²) in [6.07, 6.45) is 2.73. The third-order valence-corrected chi connectivity index (χ3v) is 5.45. The summed E-state index contributed by atoms with van der Waals surface area (Å²) in [6, 6.07) is 4.52. The van der Waals surface area contributed by atoms with Gasteiger partial charge in [0.05, 0.1) is 5.00 Å². The number of anilines is 1. The Hall–Kier alpha value is -0.580. The number of piperazine rings is 1. The first kappa shape index (κ1) is 13.4. The Morgan fingerprint density at radius 3 is 2.53 bits per heavy atom. The van der Waals surface area contributed by atoms with Gasteiger partial charge in [0.2, 0.25) is 0 Å².